The minimum atomic E-state index is -1.25. The summed E-state index contributed by atoms with van der Waals surface area (Å²) in [6.45, 7) is 7.92. The van der Waals surface area contributed by atoms with Gasteiger partial charge >= 0.3 is 0 Å². The van der Waals surface area contributed by atoms with Crippen LogP contribution in [0.2, 0.25) is 30.7 Å². The van der Waals surface area contributed by atoms with E-state index in [4.69, 9.17) is 16.3 Å². The molecule has 3 aromatic rings. The summed E-state index contributed by atoms with van der Waals surface area (Å²) in [7, 11) is -1.25. The largest absolute Gasteiger partial charge is 0.361 e. The molecule has 6 nitrogen and oxygen atoms in total. The van der Waals surface area contributed by atoms with Gasteiger partial charge in [0.15, 0.2) is 0 Å². The van der Waals surface area contributed by atoms with Crippen LogP contribution in [0.25, 0.3) is 22.0 Å². The number of likely N-dealkylation sites (tertiary alicyclic amines) is 1. The third kappa shape index (κ3) is 5.84. The Labute approximate surface area is 209 Å². The summed E-state index contributed by atoms with van der Waals surface area (Å²) in [5, 5.41) is 0.345. The third-order valence-electron chi connectivity index (χ3n) is 6.25. The fourth-order valence-electron chi connectivity index (χ4n) is 4.19. The molecule has 0 N–H and O–H groups in total. The number of halogens is 3. The lowest BCUT2D eigenvalue weighted by Crippen LogP contribution is -2.35. The number of hydrogen-bond acceptors (Lipinski definition) is 3. The van der Waals surface area contributed by atoms with Gasteiger partial charge in [0.2, 0.25) is 5.91 Å². The number of pyridine rings is 1. The van der Waals surface area contributed by atoms with Crippen molar-refractivity contribution >= 4 is 36.5 Å². The normalized spacial score (nSPS) is 16.4. The van der Waals surface area contributed by atoms with Crippen LogP contribution in [0.3, 0.4) is 0 Å². The number of aromatic nitrogens is 2. The molecule has 1 atom stereocenters. The Hall–Kier alpha value is -2.49. The minimum absolute atomic E-state index is 0.0453. The van der Waals surface area contributed by atoms with E-state index in [1.165, 1.54) is 21.6 Å². The van der Waals surface area contributed by atoms with Gasteiger partial charge in [0.1, 0.15) is 25.3 Å². The van der Waals surface area contributed by atoms with Crippen molar-refractivity contribution in [2.24, 2.45) is 0 Å². The number of nitrogens with zero attached hydrogens (tertiary/aromatic N) is 3. The monoisotopic (exact) mass is 521 g/mol. The van der Waals surface area contributed by atoms with E-state index >= 15 is 0 Å². The summed E-state index contributed by atoms with van der Waals surface area (Å²) in [4.78, 5) is 27.6. The SMILES string of the molecule is C[Si](C)(C)CCOCn1cc(-c2ccc(F)c(Cl)c2)c2c(=O)n(CC(=O)N3CCC(F)C3)ccc21. The van der Waals surface area contributed by atoms with Crippen LogP contribution < -0.4 is 5.56 Å². The van der Waals surface area contributed by atoms with E-state index in [0.29, 0.717) is 41.6 Å². The van der Waals surface area contributed by atoms with E-state index in [9.17, 15) is 18.4 Å². The van der Waals surface area contributed by atoms with Crippen molar-refractivity contribution in [1.29, 1.82) is 0 Å². The average Bonchev–Trinajstić information content (AvgIpc) is 3.39. The predicted octanol–water partition coefficient (Wildman–Crippen LogP) is 5.15. The van der Waals surface area contributed by atoms with Crippen molar-refractivity contribution in [3.8, 4) is 11.1 Å². The Kier molecular flexibility index (Phi) is 7.49. The molecular formula is C25H30ClF2N3O3Si. The highest BCUT2D eigenvalue weighted by atomic mass is 35.5. The van der Waals surface area contributed by atoms with Gasteiger partial charge in [0.25, 0.3) is 5.56 Å². The molecule has 4 rings (SSSR count). The Morgan fingerprint density at radius 3 is 2.66 bits per heavy atom. The van der Waals surface area contributed by atoms with Gasteiger partial charge in [0, 0.05) is 39.2 Å². The van der Waals surface area contributed by atoms with Crippen molar-refractivity contribution in [1.82, 2.24) is 14.0 Å². The van der Waals surface area contributed by atoms with E-state index in [1.807, 2.05) is 4.57 Å². The quantitative estimate of drug-likeness (QED) is 0.304. The molecule has 1 fully saturated rings. The molecule has 2 aromatic heterocycles. The molecule has 35 heavy (non-hydrogen) atoms. The number of fused-ring (bicyclic) bond motifs is 1. The topological polar surface area (TPSA) is 56.5 Å². The second kappa shape index (κ2) is 10.2. The number of benzene rings is 1. The fourth-order valence-corrected chi connectivity index (χ4v) is 5.13. The maximum Gasteiger partial charge on any atom is 0.261 e. The van der Waals surface area contributed by atoms with Crippen molar-refractivity contribution in [2.75, 3.05) is 19.7 Å². The van der Waals surface area contributed by atoms with E-state index in [-0.39, 0.29) is 36.3 Å². The van der Waals surface area contributed by atoms with Crippen LogP contribution in [-0.4, -0.2) is 53.9 Å². The molecule has 188 valence electrons. The lowest BCUT2D eigenvalue weighted by molar-refractivity contribution is -0.131. The van der Waals surface area contributed by atoms with E-state index in [0.717, 1.165) is 6.04 Å². The first kappa shape index (κ1) is 25.6. The molecule has 0 radical (unpaired) electrons. The number of hydrogen-bond donors (Lipinski definition) is 0. The molecule has 1 unspecified atom stereocenters. The Bertz CT molecular complexity index is 1300. The molecule has 1 aliphatic rings. The molecular weight excluding hydrogens is 492 g/mol. The Balaban J connectivity index is 1.70. The van der Waals surface area contributed by atoms with Crippen LogP contribution in [0.15, 0.2) is 41.5 Å². The van der Waals surface area contributed by atoms with Gasteiger partial charge < -0.3 is 18.8 Å². The molecule has 1 aliphatic heterocycles. The number of amides is 1. The summed E-state index contributed by atoms with van der Waals surface area (Å²) < 4.78 is 36.4. The van der Waals surface area contributed by atoms with Crippen LogP contribution >= 0.6 is 11.6 Å². The highest BCUT2D eigenvalue weighted by Crippen LogP contribution is 2.31. The Morgan fingerprint density at radius 1 is 1.23 bits per heavy atom. The molecule has 0 saturated carbocycles. The van der Waals surface area contributed by atoms with E-state index in [1.54, 1.807) is 24.5 Å². The van der Waals surface area contributed by atoms with Crippen molar-refractivity contribution < 1.29 is 18.3 Å². The Morgan fingerprint density at radius 2 is 2.00 bits per heavy atom. The fraction of sp³-hybridized carbons (Fsp3) is 0.440. The summed E-state index contributed by atoms with van der Waals surface area (Å²) in [6.07, 6.45) is 2.66. The van der Waals surface area contributed by atoms with Gasteiger partial charge in [-0.2, -0.15) is 0 Å². The predicted molar refractivity (Wildman–Crippen MR) is 137 cm³/mol. The van der Waals surface area contributed by atoms with Gasteiger partial charge in [-0.15, -0.1) is 0 Å². The van der Waals surface area contributed by atoms with Gasteiger partial charge in [-0.3, -0.25) is 9.59 Å². The smallest absolute Gasteiger partial charge is 0.261 e. The standard InChI is InChI=1S/C25H30ClF2N3O3Si/c1-35(2,3)11-10-34-16-31-14-19(17-4-5-21(28)20(26)12-17)24-22(31)7-9-30(25(24)33)15-23(32)29-8-6-18(27)13-29/h4-5,7,9,12,14,18H,6,8,10-11,13,15-16H2,1-3H3. The van der Waals surface area contributed by atoms with Gasteiger partial charge in [0.05, 0.1) is 22.5 Å². The minimum Gasteiger partial charge on any atom is -0.361 e. The highest BCUT2D eigenvalue weighted by molar-refractivity contribution is 6.76. The van der Waals surface area contributed by atoms with Crippen LogP contribution in [0.4, 0.5) is 8.78 Å². The maximum absolute atomic E-state index is 13.8. The van der Waals surface area contributed by atoms with Gasteiger partial charge in [-0.25, -0.2) is 8.78 Å². The van der Waals surface area contributed by atoms with E-state index < -0.39 is 20.1 Å². The zero-order valence-electron chi connectivity index (χ0n) is 20.2. The van der Waals surface area contributed by atoms with Crippen LogP contribution in [0, 0.1) is 5.82 Å². The number of alkyl halides is 1. The molecule has 1 aromatic carbocycles. The van der Waals surface area contributed by atoms with E-state index in [2.05, 4.69) is 19.6 Å². The number of carbonyl (C=O) groups is 1. The van der Waals surface area contributed by atoms with Crippen LogP contribution in [0.1, 0.15) is 6.42 Å². The van der Waals surface area contributed by atoms with Crippen molar-refractivity contribution in [2.45, 2.75) is 51.6 Å². The molecule has 0 spiro atoms. The lowest BCUT2D eigenvalue weighted by atomic mass is 10.1. The number of carbonyl (C=O) groups excluding carboxylic acids is 1. The second-order valence-electron chi connectivity index (χ2n) is 10.2. The summed E-state index contributed by atoms with van der Waals surface area (Å²) >= 11 is 6.02. The van der Waals surface area contributed by atoms with Crippen LogP contribution in [0.5, 0.6) is 0 Å². The molecule has 10 heteroatoms. The summed E-state index contributed by atoms with van der Waals surface area (Å²) in [5.41, 5.74) is 1.45. The first-order chi connectivity index (χ1) is 16.5. The molecule has 0 bridgehead atoms. The highest BCUT2D eigenvalue weighted by Gasteiger charge is 2.26. The van der Waals surface area contributed by atoms with Gasteiger partial charge in [-0.05, 0) is 36.2 Å². The average molecular weight is 522 g/mol. The maximum atomic E-state index is 13.8. The summed E-state index contributed by atoms with van der Waals surface area (Å²) in [5.74, 6) is -0.847. The van der Waals surface area contributed by atoms with Crippen LogP contribution in [-0.2, 0) is 22.8 Å². The molecule has 1 saturated heterocycles. The molecule has 1 amide bonds. The first-order valence-electron chi connectivity index (χ1n) is 11.7. The molecule has 3 heterocycles. The second-order valence-corrected chi connectivity index (χ2v) is 16.3. The van der Waals surface area contributed by atoms with Gasteiger partial charge in [-0.1, -0.05) is 37.3 Å². The first-order valence-corrected chi connectivity index (χ1v) is 15.8. The van der Waals surface area contributed by atoms with Crippen molar-refractivity contribution in [3.05, 3.63) is 57.9 Å². The zero-order valence-corrected chi connectivity index (χ0v) is 21.9. The third-order valence-corrected chi connectivity index (χ3v) is 8.25. The number of ether oxygens (including phenoxy) is 1. The number of rotatable bonds is 8. The van der Waals surface area contributed by atoms with Crippen molar-refractivity contribution in [3.63, 3.8) is 0 Å². The molecule has 0 aliphatic carbocycles. The zero-order chi connectivity index (χ0) is 25.3. The lowest BCUT2D eigenvalue weighted by Gasteiger charge is -2.16. The summed E-state index contributed by atoms with van der Waals surface area (Å²) in [6, 6.07) is 7.09.